The van der Waals surface area contributed by atoms with Crippen LogP contribution in [0, 0.1) is 17.2 Å². The number of ether oxygens (including phenoxy) is 3. The first kappa shape index (κ1) is 23.2. The van der Waals surface area contributed by atoms with E-state index in [2.05, 4.69) is 4.72 Å². The molecule has 0 spiro atoms. The molecule has 30 heavy (non-hydrogen) atoms. The fourth-order valence-corrected chi connectivity index (χ4v) is 3.90. The summed E-state index contributed by atoms with van der Waals surface area (Å²) in [6.07, 6.45) is 0. The lowest BCUT2D eigenvalue weighted by Gasteiger charge is -2.22. The first-order valence-corrected chi connectivity index (χ1v) is 10.5. The molecule has 2 rings (SSSR count). The molecule has 0 saturated heterocycles. The number of carbonyl (C=O) groups is 2. The zero-order chi connectivity index (χ0) is 22.5. The van der Waals surface area contributed by atoms with E-state index < -0.39 is 40.3 Å². The number of esters is 1. The summed E-state index contributed by atoms with van der Waals surface area (Å²) in [6, 6.07) is 4.48. The van der Waals surface area contributed by atoms with Crippen molar-refractivity contribution in [3.63, 3.8) is 0 Å². The summed E-state index contributed by atoms with van der Waals surface area (Å²) in [4.78, 5) is 24.3. The number of hydrogen-bond acceptors (Lipinski definition) is 9. The largest absolute Gasteiger partial charge is 0.486 e. The van der Waals surface area contributed by atoms with Crippen molar-refractivity contribution in [1.82, 2.24) is 4.72 Å². The molecule has 11 heteroatoms. The van der Waals surface area contributed by atoms with Gasteiger partial charge in [0.15, 0.2) is 18.1 Å². The zero-order valence-corrected chi connectivity index (χ0v) is 17.6. The lowest BCUT2D eigenvalue weighted by atomic mass is 10.1. The van der Waals surface area contributed by atoms with Crippen molar-refractivity contribution in [3.05, 3.63) is 29.5 Å². The second-order valence-electron chi connectivity index (χ2n) is 6.85. The predicted molar refractivity (Wildman–Crippen MR) is 105 cm³/mol. The highest BCUT2D eigenvalue weighted by Gasteiger charge is 2.31. The van der Waals surface area contributed by atoms with Crippen LogP contribution in [0.4, 0.5) is 0 Å². The van der Waals surface area contributed by atoms with E-state index in [-0.39, 0.29) is 21.9 Å². The molecular weight excluding hydrogens is 414 g/mol. The van der Waals surface area contributed by atoms with Gasteiger partial charge in [0.25, 0.3) is 0 Å². The van der Waals surface area contributed by atoms with Gasteiger partial charge in [0.1, 0.15) is 30.9 Å². The van der Waals surface area contributed by atoms with Gasteiger partial charge >= 0.3 is 5.97 Å². The smallest absolute Gasteiger partial charge is 0.324 e. The average molecular weight is 437 g/mol. The van der Waals surface area contributed by atoms with Gasteiger partial charge < -0.3 is 19.9 Å². The molecular formula is C19H23N3O7S. The quantitative estimate of drug-likeness (QED) is 0.338. The molecule has 1 heterocycles. The summed E-state index contributed by atoms with van der Waals surface area (Å²) in [5.74, 6) is -1.50. The van der Waals surface area contributed by atoms with E-state index in [9.17, 15) is 18.0 Å². The Hall–Kier alpha value is -3.10. The first-order valence-electron chi connectivity index (χ1n) is 9.05. The lowest BCUT2D eigenvalue weighted by molar-refractivity contribution is -0.149. The third kappa shape index (κ3) is 5.49. The number of Topliss-reactive ketones (excluding diaryl/α,β-unsaturated/α-hetero) is 1. The van der Waals surface area contributed by atoms with Gasteiger partial charge in [-0.15, -0.1) is 0 Å². The van der Waals surface area contributed by atoms with E-state index in [1.807, 2.05) is 0 Å². The molecule has 0 aliphatic carbocycles. The van der Waals surface area contributed by atoms with E-state index in [0.29, 0.717) is 19.0 Å². The minimum atomic E-state index is -4.11. The van der Waals surface area contributed by atoms with E-state index in [0.717, 1.165) is 0 Å². The average Bonchev–Trinajstić information content (AvgIpc) is 2.70. The van der Waals surface area contributed by atoms with Crippen molar-refractivity contribution < 1.29 is 32.2 Å². The Morgan fingerprint density at radius 2 is 1.90 bits per heavy atom. The predicted octanol–water partition coefficient (Wildman–Crippen LogP) is 0.629. The number of fused-ring (bicyclic) bond motifs is 1. The second kappa shape index (κ2) is 9.60. The van der Waals surface area contributed by atoms with Gasteiger partial charge in [0, 0.05) is 11.8 Å². The minimum Gasteiger partial charge on any atom is -0.486 e. The highest BCUT2D eigenvalue weighted by Crippen LogP contribution is 2.32. The van der Waals surface area contributed by atoms with Gasteiger partial charge in [-0.25, -0.2) is 8.42 Å². The Morgan fingerprint density at radius 3 is 2.47 bits per heavy atom. The first-order chi connectivity index (χ1) is 14.1. The number of hydrogen-bond donors (Lipinski definition) is 2. The van der Waals surface area contributed by atoms with Crippen molar-refractivity contribution in [3.8, 4) is 17.6 Å². The van der Waals surface area contributed by atoms with Gasteiger partial charge in [0.2, 0.25) is 15.8 Å². The molecule has 0 fully saturated rings. The molecule has 10 nitrogen and oxygen atoms in total. The Kier molecular flexibility index (Phi) is 7.42. The topological polar surface area (TPSA) is 158 Å². The van der Waals surface area contributed by atoms with Crippen LogP contribution in [0.5, 0.6) is 11.5 Å². The van der Waals surface area contributed by atoms with Crippen LogP contribution in [0.25, 0.3) is 0 Å². The van der Waals surface area contributed by atoms with Gasteiger partial charge in [-0.05, 0) is 25.0 Å². The van der Waals surface area contributed by atoms with Crippen LogP contribution in [0.3, 0.4) is 0 Å². The number of rotatable bonds is 8. The molecule has 0 radical (unpaired) electrons. The van der Waals surface area contributed by atoms with E-state index in [1.54, 1.807) is 19.9 Å². The summed E-state index contributed by atoms with van der Waals surface area (Å²) in [7, 11) is -4.11. The SMILES string of the molecule is CC(N)=C(C#N)C(=O)COC(=O)[C@@H](NS(=O)(=O)c1ccc2c(c1)OCCO2)C(C)C. The molecule has 1 atom stereocenters. The fourth-order valence-electron chi connectivity index (χ4n) is 2.55. The summed E-state index contributed by atoms with van der Waals surface area (Å²) in [5, 5.41) is 8.93. The molecule has 0 unspecified atom stereocenters. The van der Waals surface area contributed by atoms with Crippen molar-refractivity contribution in [1.29, 1.82) is 5.26 Å². The number of sulfonamides is 1. The summed E-state index contributed by atoms with van der Waals surface area (Å²) >= 11 is 0. The van der Waals surface area contributed by atoms with Crippen molar-refractivity contribution in [2.75, 3.05) is 19.8 Å². The maximum atomic E-state index is 12.8. The Balaban J connectivity index is 2.14. The lowest BCUT2D eigenvalue weighted by Crippen LogP contribution is -2.45. The Bertz CT molecular complexity index is 1010. The molecule has 0 aromatic heterocycles. The molecule has 1 aromatic carbocycles. The van der Waals surface area contributed by atoms with Gasteiger partial charge in [-0.1, -0.05) is 13.8 Å². The van der Waals surface area contributed by atoms with Gasteiger partial charge in [-0.3, -0.25) is 9.59 Å². The summed E-state index contributed by atoms with van der Waals surface area (Å²) in [5.41, 5.74) is 5.12. The van der Waals surface area contributed by atoms with E-state index >= 15 is 0 Å². The van der Waals surface area contributed by atoms with Crippen LogP contribution in [-0.4, -0.2) is 46.0 Å². The maximum absolute atomic E-state index is 12.8. The summed E-state index contributed by atoms with van der Waals surface area (Å²) < 4.78 is 43.5. The van der Waals surface area contributed by atoms with Crippen LogP contribution in [0.1, 0.15) is 20.8 Å². The van der Waals surface area contributed by atoms with Crippen LogP contribution in [0.2, 0.25) is 0 Å². The highest BCUT2D eigenvalue weighted by atomic mass is 32.2. The summed E-state index contributed by atoms with van der Waals surface area (Å²) in [6.45, 7) is 4.53. The number of nitrogens with zero attached hydrogens (tertiary/aromatic N) is 1. The van der Waals surface area contributed by atoms with Crippen LogP contribution in [-0.2, 0) is 24.3 Å². The number of nitrogens with one attached hydrogen (secondary N) is 1. The highest BCUT2D eigenvalue weighted by molar-refractivity contribution is 7.89. The standard InChI is InChI=1S/C19H23N3O7S/c1-11(2)18(19(24)29-10-15(23)14(9-20)12(3)21)22-30(25,26)13-4-5-16-17(8-13)28-7-6-27-16/h4-5,8,11,18,22H,6-7,10,21H2,1-3H3/t18-/m0/s1. The molecule has 0 bridgehead atoms. The number of nitrogens with two attached hydrogens (primary N) is 1. The molecule has 162 valence electrons. The van der Waals surface area contributed by atoms with Crippen molar-refractivity contribution in [2.45, 2.75) is 31.7 Å². The fraction of sp³-hybridized carbons (Fsp3) is 0.421. The number of ketones is 1. The second-order valence-corrected chi connectivity index (χ2v) is 8.56. The third-order valence-corrected chi connectivity index (χ3v) is 5.60. The van der Waals surface area contributed by atoms with Crippen molar-refractivity contribution >= 4 is 21.8 Å². The monoisotopic (exact) mass is 437 g/mol. The molecule has 1 aliphatic heterocycles. The molecule has 1 aromatic rings. The maximum Gasteiger partial charge on any atom is 0.324 e. The van der Waals surface area contributed by atoms with Gasteiger partial charge in [0.05, 0.1) is 4.90 Å². The normalized spacial score (nSPS) is 15.0. The van der Waals surface area contributed by atoms with Crippen LogP contribution in [0.15, 0.2) is 34.4 Å². The Labute approximate surface area is 174 Å². The molecule has 3 N–H and O–H groups in total. The van der Waals surface area contributed by atoms with Crippen LogP contribution >= 0.6 is 0 Å². The molecule has 1 aliphatic rings. The number of carbonyl (C=O) groups excluding carboxylic acids is 2. The molecule has 0 amide bonds. The van der Waals surface area contributed by atoms with Gasteiger partial charge in [-0.2, -0.15) is 9.98 Å². The Morgan fingerprint density at radius 1 is 1.27 bits per heavy atom. The van der Waals surface area contributed by atoms with E-state index in [4.69, 9.17) is 25.2 Å². The number of allylic oxidation sites excluding steroid dienone is 1. The van der Waals surface area contributed by atoms with E-state index in [1.165, 1.54) is 25.1 Å². The molecule has 0 saturated carbocycles. The third-order valence-electron chi connectivity index (χ3n) is 4.16. The zero-order valence-electron chi connectivity index (χ0n) is 16.8. The van der Waals surface area contributed by atoms with Crippen LogP contribution < -0.4 is 19.9 Å². The number of nitriles is 1. The number of benzene rings is 1. The minimum absolute atomic E-state index is 0.00160. The van der Waals surface area contributed by atoms with Crippen molar-refractivity contribution in [2.24, 2.45) is 11.7 Å².